The van der Waals surface area contributed by atoms with Crippen LogP contribution in [-0.2, 0) is 9.59 Å². The quantitative estimate of drug-likeness (QED) is 0.758. The predicted octanol–water partition coefficient (Wildman–Crippen LogP) is 1.60. The van der Waals surface area contributed by atoms with Gasteiger partial charge in [-0.15, -0.1) is 0 Å². The van der Waals surface area contributed by atoms with Gasteiger partial charge in [0.2, 0.25) is 11.8 Å². The molecule has 0 aliphatic carbocycles. The van der Waals surface area contributed by atoms with Gasteiger partial charge in [-0.3, -0.25) is 14.5 Å². The molecule has 0 heterocycles. The summed E-state index contributed by atoms with van der Waals surface area (Å²) in [6.45, 7) is 4.91. The van der Waals surface area contributed by atoms with Gasteiger partial charge in [-0.25, -0.2) is 0 Å². The Hall–Kier alpha value is -1.88. The number of hydrogen-bond acceptors (Lipinski definition) is 3. The summed E-state index contributed by atoms with van der Waals surface area (Å²) in [5.41, 5.74) is 6.01. The van der Waals surface area contributed by atoms with Crippen LogP contribution < -0.4 is 11.1 Å². The molecule has 0 bridgehead atoms. The topological polar surface area (TPSA) is 75.4 Å². The Kier molecular flexibility index (Phi) is 6.73. The van der Waals surface area contributed by atoms with Crippen LogP contribution in [0.1, 0.15) is 26.7 Å². The van der Waals surface area contributed by atoms with Crippen LogP contribution in [0.15, 0.2) is 30.3 Å². The molecule has 0 radical (unpaired) electrons. The minimum atomic E-state index is -0.367. The second kappa shape index (κ2) is 8.32. The molecular weight excluding hydrogens is 254 g/mol. The second-order valence-electron chi connectivity index (χ2n) is 4.90. The van der Waals surface area contributed by atoms with Gasteiger partial charge in [0.1, 0.15) is 0 Å². The average molecular weight is 277 g/mol. The van der Waals surface area contributed by atoms with Crippen LogP contribution in [0.2, 0.25) is 0 Å². The zero-order valence-corrected chi connectivity index (χ0v) is 12.1. The van der Waals surface area contributed by atoms with Gasteiger partial charge in [0, 0.05) is 18.2 Å². The van der Waals surface area contributed by atoms with Crippen molar-refractivity contribution >= 4 is 17.5 Å². The van der Waals surface area contributed by atoms with Crippen molar-refractivity contribution in [2.75, 3.05) is 18.4 Å². The Labute approximate surface area is 120 Å². The van der Waals surface area contributed by atoms with Gasteiger partial charge in [0.15, 0.2) is 0 Å². The lowest BCUT2D eigenvalue weighted by Gasteiger charge is -2.27. The van der Waals surface area contributed by atoms with Gasteiger partial charge in [-0.05, 0) is 32.0 Å². The Morgan fingerprint density at radius 2 is 1.95 bits per heavy atom. The van der Waals surface area contributed by atoms with Crippen molar-refractivity contribution < 1.29 is 9.59 Å². The molecule has 1 unspecified atom stereocenters. The van der Waals surface area contributed by atoms with Crippen molar-refractivity contribution in [2.45, 2.75) is 32.7 Å². The van der Waals surface area contributed by atoms with Crippen LogP contribution in [0.3, 0.4) is 0 Å². The molecule has 2 amide bonds. The zero-order valence-electron chi connectivity index (χ0n) is 12.1. The number of primary amides is 1. The standard InChI is InChI=1S/C15H23N3O2/c1-3-9-18(11-14(16)19)12(2)10-15(20)17-13-7-5-4-6-8-13/h4-8,12H,3,9-11H2,1-2H3,(H2,16,19)(H,17,20). The predicted molar refractivity (Wildman–Crippen MR) is 80.2 cm³/mol. The molecule has 0 aliphatic rings. The van der Waals surface area contributed by atoms with E-state index in [9.17, 15) is 9.59 Å². The molecule has 3 N–H and O–H groups in total. The number of amides is 2. The highest BCUT2D eigenvalue weighted by Gasteiger charge is 2.18. The molecule has 0 spiro atoms. The third kappa shape index (κ3) is 5.84. The molecule has 110 valence electrons. The first-order chi connectivity index (χ1) is 9.52. The lowest BCUT2D eigenvalue weighted by molar-refractivity contribution is -0.121. The fourth-order valence-electron chi connectivity index (χ4n) is 2.07. The van der Waals surface area contributed by atoms with Crippen LogP contribution in [0.4, 0.5) is 5.69 Å². The highest BCUT2D eigenvalue weighted by atomic mass is 16.2. The van der Waals surface area contributed by atoms with E-state index >= 15 is 0 Å². The third-order valence-corrected chi connectivity index (χ3v) is 3.03. The summed E-state index contributed by atoms with van der Waals surface area (Å²) in [6.07, 6.45) is 1.25. The summed E-state index contributed by atoms with van der Waals surface area (Å²) in [5, 5.41) is 2.84. The van der Waals surface area contributed by atoms with E-state index in [0.717, 1.165) is 18.7 Å². The Morgan fingerprint density at radius 3 is 2.50 bits per heavy atom. The van der Waals surface area contributed by atoms with Crippen molar-refractivity contribution in [1.29, 1.82) is 0 Å². The van der Waals surface area contributed by atoms with Gasteiger partial charge >= 0.3 is 0 Å². The van der Waals surface area contributed by atoms with E-state index in [0.29, 0.717) is 6.42 Å². The summed E-state index contributed by atoms with van der Waals surface area (Å²) in [5.74, 6) is -0.428. The summed E-state index contributed by atoms with van der Waals surface area (Å²) in [6, 6.07) is 9.30. The van der Waals surface area contributed by atoms with E-state index in [4.69, 9.17) is 5.73 Å². The third-order valence-electron chi connectivity index (χ3n) is 3.03. The first-order valence-corrected chi connectivity index (χ1v) is 6.90. The van der Waals surface area contributed by atoms with Crippen molar-refractivity contribution in [1.82, 2.24) is 4.90 Å². The number of hydrogen-bond donors (Lipinski definition) is 2. The molecular formula is C15H23N3O2. The maximum Gasteiger partial charge on any atom is 0.231 e. The lowest BCUT2D eigenvalue weighted by atomic mass is 10.1. The number of carbonyl (C=O) groups is 2. The SMILES string of the molecule is CCCN(CC(N)=O)C(C)CC(=O)Nc1ccccc1. The van der Waals surface area contributed by atoms with Crippen molar-refractivity contribution in [2.24, 2.45) is 5.73 Å². The van der Waals surface area contributed by atoms with Crippen molar-refractivity contribution in [3.8, 4) is 0 Å². The number of carbonyl (C=O) groups excluding carboxylic acids is 2. The van der Waals surface area contributed by atoms with Gasteiger partial charge in [0.05, 0.1) is 6.54 Å². The van der Waals surface area contributed by atoms with E-state index in [1.807, 2.05) is 49.1 Å². The fraction of sp³-hybridized carbons (Fsp3) is 0.467. The van der Waals surface area contributed by atoms with E-state index in [2.05, 4.69) is 5.32 Å². The molecule has 0 saturated heterocycles. The fourth-order valence-corrected chi connectivity index (χ4v) is 2.07. The van der Waals surface area contributed by atoms with Gasteiger partial charge in [0.25, 0.3) is 0 Å². The van der Waals surface area contributed by atoms with Crippen molar-refractivity contribution in [3.63, 3.8) is 0 Å². The molecule has 0 fully saturated rings. The number of nitrogens with two attached hydrogens (primary N) is 1. The Bertz CT molecular complexity index is 434. The van der Waals surface area contributed by atoms with Gasteiger partial charge in [-0.1, -0.05) is 25.1 Å². The molecule has 0 saturated carbocycles. The highest BCUT2D eigenvalue weighted by molar-refractivity contribution is 5.91. The van der Waals surface area contributed by atoms with Crippen LogP contribution in [0, 0.1) is 0 Å². The lowest BCUT2D eigenvalue weighted by Crippen LogP contribution is -2.41. The molecule has 1 aromatic carbocycles. The molecule has 0 aromatic heterocycles. The zero-order chi connectivity index (χ0) is 15.0. The maximum absolute atomic E-state index is 12.0. The van der Waals surface area contributed by atoms with Gasteiger partial charge < -0.3 is 11.1 Å². The van der Waals surface area contributed by atoms with Crippen LogP contribution in [0.5, 0.6) is 0 Å². The largest absolute Gasteiger partial charge is 0.369 e. The maximum atomic E-state index is 12.0. The number of benzene rings is 1. The van der Waals surface area contributed by atoms with Crippen LogP contribution >= 0.6 is 0 Å². The Balaban J connectivity index is 2.51. The monoisotopic (exact) mass is 277 g/mol. The number of anilines is 1. The van der Waals surface area contributed by atoms with Crippen molar-refractivity contribution in [3.05, 3.63) is 30.3 Å². The smallest absolute Gasteiger partial charge is 0.231 e. The number of nitrogens with zero attached hydrogens (tertiary/aromatic N) is 1. The second-order valence-corrected chi connectivity index (χ2v) is 4.90. The van der Waals surface area contributed by atoms with E-state index in [1.54, 1.807) is 0 Å². The van der Waals surface area contributed by atoms with Crippen LogP contribution in [0.25, 0.3) is 0 Å². The molecule has 1 rings (SSSR count). The summed E-state index contributed by atoms with van der Waals surface area (Å²) in [7, 11) is 0. The minimum Gasteiger partial charge on any atom is -0.369 e. The summed E-state index contributed by atoms with van der Waals surface area (Å²) in [4.78, 5) is 24.9. The number of nitrogens with one attached hydrogen (secondary N) is 1. The molecule has 5 heteroatoms. The molecule has 1 aromatic rings. The van der Waals surface area contributed by atoms with Gasteiger partial charge in [-0.2, -0.15) is 0 Å². The minimum absolute atomic E-state index is 0.0221. The average Bonchev–Trinajstić information content (AvgIpc) is 2.38. The molecule has 0 aliphatic heterocycles. The Morgan fingerprint density at radius 1 is 1.30 bits per heavy atom. The van der Waals surface area contributed by atoms with E-state index in [-0.39, 0.29) is 24.4 Å². The first kappa shape index (κ1) is 16.2. The number of rotatable bonds is 8. The first-order valence-electron chi connectivity index (χ1n) is 6.90. The summed E-state index contributed by atoms with van der Waals surface area (Å²) < 4.78 is 0. The van der Waals surface area contributed by atoms with E-state index < -0.39 is 0 Å². The normalized spacial score (nSPS) is 12.2. The molecule has 5 nitrogen and oxygen atoms in total. The highest BCUT2D eigenvalue weighted by Crippen LogP contribution is 2.09. The molecule has 1 atom stereocenters. The van der Waals surface area contributed by atoms with Crippen LogP contribution in [-0.4, -0.2) is 35.8 Å². The molecule has 20 heavy (non-hydrogen) atoms. The van der Waals surface area contributed by atoms with E-state index in [1.165, 1.54) is 0 Å². The number of para-hydroxylation sites is 1. The summed E-state index contributed by atoms with van der Waals surface area (Å²) >= 11 is 0.